The highest BCUT2D eigenvalue weighted by Crippen LogP contribution is 2.21. The fraction of sp³-hybridized carbons (Fsp3) is 0.611. The fourth-order valence-electron chi connectivity index (χ4n) is 2.78. The van der Waals surface area contributed by atoms with Crippen molar-refractivity contribution in [2.45, 2.75) is 13.0 Å². The molecule has 6 heteroatoms. The number of hydrogen-bond acceptors (Lipinski definition) is 5. The second-order valence-corrected chi connectivity index (χ2v) is 6.05. The van der Waals surface area contributed by atoms with E-state index < -0.39 is 0 Å². The summed E-state index contributed by atoms with van der Waals surface area (Å²) in [5, 5.41) is 6.11. The third-order valence-corrected chi connectivity index (χ3v) is 4.21. The molecule has 0 aliphatic carbocycles. The van der Waals surface area contributed by atoms with Gasteiger partial charge in [-0.1, -0.05) is 29.8 Å². The van der Waals surface area contributed by atoms with Gasteiger partial charge in [0.15, 0.2) is 0 Å². The Morgan fingerprint density at radius 2 is 2.00 bits per heavy atom. The Morgan fingerprint density at radius 3 is 2.67 bits per heavy atom. The van der Waals surface area contributed by atoms with E-state index in [9.17, 15) is 4.79 Å². The van der Waals surface area contributed by atoms with Crippen LogP contribution in [0.25, 0.3) is 0 Å². The number of amides is 1. The molecule has 1 aliphatic rings. The average Bonchev–Trinajstić information content (AvgIpc) is 2.61. The van der Waals surface area contributed by atoms with E-state index in [1.54, 1.807) is 7.11 Å². The maximum absolute atomic E-state index is 12.0. The number of benzene rings is 1. The molecule has 2 N–H and O–H groups in total. The molecule has 0 aromatic heterocycles. The Kier molecular flexibility index (Phi) is 8.18. The van der Waals surface area contributed by atoms with Crippen LogP contribution in [0.15, 0.2) is 24.3 Å². The molecule has 1 fully saturated rings. The van der Waals surface area contributed by atoms with Crippen molar-refractivity contribution in [1.29, 1.82) is 0 Å². The van der Waals surface area contributed by atoms with Crippen LogP contribution in [0, 0.1) is 6.92 Å². The van der Waals surface area contributed by atoms with Crippen LogP contribution in [0.4, 0.5) is 0 Å². The molecule has 24 heavy (non-hydrogen) atoms. The number of aryl methyl sites for hydroxylation is 1. The minimum Gasteiger partial charge on any atom is -0.383 e. The Hall–Kier alpha value is -1.47. The van der Waals surface area contributed by atoms with Gasteiger partial charge in [-0.25, -0.2) is 0 Å². The summed E-state index contributed by atoms with van der Waals surface area (Å²) < 4.78 is 10.4. The van der Waals surface area contributed by atoms with E-state index in [2.05, 4.69) is 46.7 Å². The molecular formula is C18H29N3O3. The maximum atomic E-state index is 12.0. The zero-order valence-corrected chi connectivity index (χ0v) is 14.7. The monoisotopic (exact) mass is 335 g/mol. The van der Waals surface area contributed by atoms with Crippen LogP contribution in [0.1, 0.15) is 17.2 Å². The number of carbonyl (C=O) groups excluding carboxylic acids is 1. The number of carbonyl (C=O) groups is 1. The van der Waals surface area contributed by atoms with Gasteiger partial charge < -0.3 is 20.1 Å². The van der Waals surface area contributed by atoms with Gasteiger partial charge >= 0.3 is 0 Å². The third kappa shape index (κ3) is 6.20. The lowest BCUT2D eigenvalue weighted by atomic mass is 10.0. The van der Waals surface area contributed by atoms with Crippen LogP contribution in [-0.2, 0) is 14.3 Å². The minimum atomic E-state index is 0.0106. The van der Waals surface area contributed by atoms with Crippen molar-refractivity contribution in [3.63, 3.8) is 0 Å². The highest BCUT2D eigenvalue weighted by atomic mass is 16.5. The predicted molar refractivity (Wildman–Crippen MR) is 94.1 cm³/mol. The first-order valence-corrected chi connectivity index (χ1v) is 8.55. The first kappa shape index (κ1) is 18.9. The van der Waals surface area contributed by atoms with Crippen LogP contribution in [0.5, 0.6) is 0 Å². The van der Waals surface area contributed by atoms with Crippen LogP contribution in [0.2, 0.25) is 0 Å². The fourth-order valence-corrected chi connectivity index (χ4v) is 2.78. The van der Waals surface area contributed by atoms with Crippen molar-refractivity contribution in [2.75, 3.05) is 59.7 Å². The summed E-state index contributed by atoms with van der Waals surface area (Å²) in [7, 11) is 1.65. The molecule has 6 nitrogen and oxygen atoms in total. The summed E-state index contributed by atoms with van der Waals surface area (Å²) >= 11 is 0. The molecule has 0 saturated carbocycles. The Morgan fingerprint density at radius 1 is 1.29 bits per heavy atom. The van der Waals surface area contributed by atoms with Crippen molar-refractivity contribution in [3.05, 3.63) is 35.4 Å². The van der Waals surface area contributed by atoms with Crippen molar-refractivity contribution >= 4 is 5.91 Å². The van der Waals surface area contributed by atoms with Gasteiger partial charge in [-0.2, -0.15) is 0 Å². The number of nitrogens with one attached hydrogen (secondary N) is 2. The summed E-state index contributed by atoms with van der Waals surface area (Å²) in [4.78, 5) is 14.4. The quantitative estimate of drug-likeness (QED) is 0.651. The number of ether oxygens (including phenoxy) is 2. The molecule has 2 rings (SSSR count). The summed E-state index contributed by atoms with van der Waals surface area (Å²) in [6.07, 6.45) is 0. The highest BCUT2D eigenvalue weighted by Gasteiger charge is 2.23. The smallest absolute Gasteiger partial charge is 0.234 e. The van der Waals surface area contributed by atoms with E-state index in [0.717, 1.165) is 26.3 Å². The zero-order valence-electron chi connectivity index (χ0n) is 14.7. The molecule has 0 spiro atoms. The molecule has 1 saturated heterocycles. The Labute approximate surface area is 144 Å². The van der Waals surface area contributed by atoms with Gasteiger partial charge in [0.05, 0.1) is 32.4 Å². The molecule has 1 atom stereocenters. The molecule has 1 heterocycles. The SMILES string of the molecule is COCCNCC(=O)NCC(c1ccc(C)cc1)N1CCOCC1. The molecule has 0 bridgehead atoms. The summed E-state index contributed by atoms with van der Waals surface area (Å²) in [6.45, 7) is 7.55. The highest BCUT2D eigenvalue weighted by molar-refractivity contribution is 5.78. The van der Waals surface area contributed by atoms with Crippen molar-refractivity contribution in [3.8, 4) is 0 Å². The second kappa shape index (κ2) is 10.4. The van der Waals surface area contributed by atoms with E-state index in [1.165, 1.54) is 11.1 Å². The first-order valence-electron chi connectivity index (χ1n) is 8.55. The van der Waals surface area contributed by atoms with Gasteiger partial charge in [-0.05, 0) is 12.5 Å². The maximum Gasteiger partial charge on any atom is 0.234 e. The van der Waals surface area contributed by atoms with Crippen LogP contribution in [-0.4, -0.2) is 70.5 Å². The van der Waals surface area contributed by atoms with E-state index in [0.29, 0.717) is 26.2 Å². The van der Waals surface area contributed by atoms with Gasteiger partial charge in [0.25, 0.3) is 0 Å². The van der Waals surface area contributed by atoms with Crippen LogP contribution < -0.4 is 10.6 Å². The molecule has 1 aromatic carbocycles. The Bertz CT molecular complexity index is 487. The van der Waals surface area contributed by atoms with Crippen molar-refractivity contribution < 1.29 is 14.3 Å². The number of morpholine rings is 1. The van der Waals surface area contributed by atoms with Gasteiger partial charge in [0.2, 0.25) is 5.91 Å². The van der Waals surface area contributed by atoms with Gasteiger partial charge in [0.1, 0.15) is 0 Å². The lowest BCUT2D eigenvalue weighted by Crippen LogP contribution is -2.45. The van der Waals surface area contributed by atoms with Gasteiger partial charge in [-0.3, -0.25) is 9.69 Å². The van der Waals surface area contributed by atoms with E-state index in [-0.39, 0.29) is 11.9 Å². The average molecular weight is 335 g/mol. The van der Waals surface area contributed by atoms with Crippen molar-refractivity contribution in [1.82, 2.24) is 15.5 Å². The van der Waals surface area contributed by atoms with Gasteiger partial charge in [-0.15, -0.1) is 0 Å². The zero-order chi connectivity index (χ0) is 17.2. The lowest BCUT2D eigenvalue weighted by molar-refractivity contribution is -0.120. The lowest BCUT2D eigenvalue weighted by Gasteiger charge is -2.35. The molecule has 1 aromatic rings. The topological polar surface area (TPSA) is 62.8 Å². The number of nitrogens with zero attached hydrogens (tertiary/aromatic N) is 1. The molecule has 1 amide bonds. The van der Waals surface area contributed by atoms with E-state index >= 15 is 0 Å². The largest absolute Gasteiger partial charge is 0.383 e. The summed E-state index contributed by atoms with van der Waals surface area (Å²) in [5.74, 6) is 0.0106. The second-order valence-electron chi connectivity index (χ2n) is 6.05. The summed E-state index contributed by atoms with van der Waals surface area (Å²) in [5.41, 5.74) is 2.47. The Balaban J connectivity index is 1.90. The third-order valence-electron chi connectivity index (χ3n) is 4.21. The molecule has 134 valence electrons. The number of methoxy groups -OCH3 is 1. The summed E-state index contributed by atoms with van der Waals surface area (Å²) in [6, 6.07) is 8.72. The van der Waals surface area contributed by atoms with E-state index in [1.807, 2.05) is 0 Å². The predicted octanol–water partition coefficient (Wildman–Crippen LogP) is 0.721. The minimum absolute atomic E-state index is 0.0106. The first-order chi connectivity index (χ1) is 11.7. The standard InChI is InChI=1S/C18H29N3O3/c1-15-3-5-16(6-4-15)17(21-8-11-24-12-9-21)13-20-18(22)14-19-7-10-23-2/h3-6,17,19H,7-14H2,1-2H3,(H,20,22). The number of rotatable bonds is 9. The molecular weight excluding hydrogens is 306 g/mol. The molecule has 0 radical (unpaired) electrons. The van der Waals surface area contributed by atoms with Crippen LogP contribution >= 0.6 is 0 Å². The van der Waals surface area contributed by atoms with Crippen molar-refractivity contribution in [2.24, 2.45) is 0 Å². The van der Waals surface area contributed by atoms with Gasteiger partial charge in [0, 0.05) is 33.3 Å². The molecule has 1 aliphatic heterocycles. The van der Waals surface area contributed by atoms with E-state index in [4.69, 9.17) is 9.47 Å². The normalized spacial score (nSPS) is 16.8. The number of hydrogen-bond donors (Lipinski definition) is 2. The molecule has 1 unspecified atom stereocenters. The van der Waals surface area contributed by atoms with Crippen LogP contribution in [0.3, 0.4) is 0 Å².